The van der Waals surface area contributed by atoms with Crippen molar-refractivity contribution in [1.29, 1.82) is 0 Å². The molecule has 0 saturated carbocycles. The Kier molecular flexibility index (Phi) is 6.20. The van der Waals surface area contributed by atoms with Gasteiger partial charge in [-0.1, -0.05) is 30.3 Å². The van der Waals surface area contributed by atoms with Gasteiger partial charge in [-0.3, -0.25) is 9.59 Å². The van der Waals surface area contributed by atoms with Crippen LogP contribution >= 0.6 is 0 Å². The zero-order valence-corrected chi connectivity index (χ0v) is 19.7. The lowest BCUT2D eigenvalue weighted by atomic mass is 10.0. The van der Waals surface area contributed by atoms with E-state index in [1.807, 2.05) is 31.2 Å². The number of aryl methyl sites for hydroxylation is 1. The molecule has 5 rings (SSSR count). The van der Waals surface area contributed by atoms with Crippen LogP contribution in [-0.2, 0) is 12.6 Å². The molecule has 0 radical (unpaired) electrons. The number of hydrogen-bond acceptors (Lipinski definition) is 4. The van der Waals surface area contributed by atoms with Crippen molar-refractivity contribution in [1.82, 2.24) is 9.97 Å². The molecule has 1 aromatic heterocycles. The molecule has 2 amide bonds. The van der Waals surface area contributed by atoms with Crippen molar-refractivity contribution in [2.45, 2.75) is 19.5 Å². The number of amides is 2. The van der Waals surface area contributed by atoms with Gasteiger partial charge < -0.3 is 10.2 Å². The lowest BCUT2D eigenvalue weighted by Gasteiger charge is -2.23. The van der Waals surface area contributed by atoms with E-state index in [4.69, 9.17) is 0 Å². The van der Waals surface area contributed by atoms with E-state index in [-0.39, 0.29) is 11.6 Å². The van der Waals surface area contributed by atoms with E-state index in [0.717, 1.165) is 34.6 Å². The summed E-state index contributed by atoms with van der Waals surface area (Å²) in [5, 5.41) is 2.48. The fourth-order valence-corrected chi connectivity index (χ4v) is 4.36. The highest BCUT2D eigenvalue weighted by Gasteiger charge is 2.35. The molecule has 0 unspecified atom stereocenters. The third-order valence-electron chi connectivity index (χ3n) is 6.15. The van der Waals surface area contributed by atoms with E-state index in [1.54, 1.807) is 11.1 Å². The van der Waals surface area contributed by atoms with Gasteiger partial charge in [-0.2, -0.15) is 13.2 Å². The highest BCUT2D eigenvalue weighted by atomic mass is 19.4. The summed E-state index contributed by atoms with van der Waals surface area (Å²) in [6, 6.07) is 18.2. The monoisotopic (exact) mass is 502 g/mol. The average Bonchev–Trinajstić information content (AvgIpc) is 3.05. The summed E-state index contributed by atoms with van der Waals surface area (Å²) in [7, 11) is 0. The van der Waals surface area contributed by atoms with Crippen molar-refractivity contribution in [3.05, 3.63) is 107 Å². The summed E-state index contributed by atoms with van der Waals surface area (Å²) >= 11 is 0. The number of anilines is 2. The van der Waals surface area contributed by atoms with E-state index in [0.29, 0.717) is 24.4 Å². The van der Waals surface area contributed by atoms with Crippen LogP contribution in [0.4, 0.5) is 24.5 Å². The van der Waals surface area contributed by atoms with Crippen molar-refractivity contribution in [2.75, 3.05) is 16.8 Å². The predicted octanol–water partition coefficient (Wildman–Crippen LogP) is 5.93. The first-order valence-electron chi connectivity index (χ1n) is 11.5. The first kappa shape index (κ1) is 24.2. The van der Waals surface area contributed by atoms with E-state index in [9.17, 15) is 22.8 Å². The Hall–Kier alpha value is -4.53. The second kappa shape index (κ2) is 9.50. The van der Waals surface area contributed by atoms with Crippen molar-refractivity contribution in [2.24, 2.45) is 0 Å². The Balaban J connectivity index is 1.39. The van der Waals surface area contributed by atoms with Gasteiger partial charge in [0.15, 0.2) is 0 Å². The minimum Gasteiger partial charge on any atom is -0.322 e. The number of nitrogens with zero attached hydrogens (tertiary/aromatic N) is 3. The topological polar surface area (TPSA) is 75.2 Å². The van der Waals surface area contributed by atoms with E-state index in [2.05, 4.69) is 15.3 Å². The summed E-state index contributed by atoms with van der Waals surface area (Å²) in [5.74, 6) is -0.489. The molecule has 0 fully saturated rings. The lowest BCUT2D eigenvalue weighted by molar-refractivity contribution is -0.137. The third kappa shape index (κ3) is 4.80. The van der Waals surface area contributed by atoms with E-state index < -0.39 is 23.2 Å². The molecule has 1 aliphatic rings. The highest BCUT2D eigenvalue weighted by molar-refractivity contribution is 6.09. The fraction of sp³-hybridized carbons (Fsp3) is 0.143. The molecule has 9 heteroatoms. The largest absolute Gasteiger partial charge is 0.417 e. The van der Waals surface area contributed by atoms with Gasteiger partial charge in [0.1, 0.15) is 5.82 Å². The average molecular weight is 502 g/mol. The van der Waals surface area contributed by atoms with Gasteiger partial charge in [0.25, 0.3) is 11.8 Å². The SMILES string of the molecule is Cc1ncc2c(n1)-c1ccccc1N(C(=O)c1ccc(NC(=O)c3ccccc3C(F)(F)F)cc1)CC2. The zero-order valence-electron chi connectivity index (χ0n) is 19.7. The van der Waals surface area contributed by atoms with Gasteiger partial charge in [0.2, 0.25) is 0 Å². The number of benzene rings is 3. The van der Waals surface area contributed by atoms with Gasteiger partial charge in [0.05, 0.1) is 22.5 Å². The number of halogens is 3. The number of carbonyl (C=O) groups is 2. The third-order valence-corrected chi connectivity index (χ3v) is 6.15. The predicted molar refractivity (Wildman–Crippen MR) is 133 cm³/mol. The molecule has 0 saturated heterocycles. The van der Waals surface area contributed by atoms with Crippen LogP contribution < -0.4 is 10.2 Å². The first-order chi connectivity index (χ1) is 17.7. The number of fused-ring (bicyclic) bond motifs is 3. The molecule has 0 aliphatic carbocycles. The molecule has 37 heavy (non-hydrogen) atoms. The van der Waals surface area contributed by atoms with Crippen LogP contribution in [0, 0.1) is 6.92 Å². The summed E-state index contributed by atoms with van der Waals surface area (Å²) in [4.78, 5) is 36.7. The van der Waals surface area contributed by atoms with Crippen molar-refractivity contribution in [3.63, 3.8) is 0 Å². The van der Waals surface area contributed by atoms with Crippen LogP contribution in [0.1, 0.15) is 37.7 Å². The van der Waals surface area contributed by atoms with Crippen LogP contribution in [-0.4, -0.2) is 28.3 Å². The Morgan fingerprint density at radius 1 is 0.946 bits per heavy atom. The molecule has 2 heterocycles. The fourth-order valence-electron chi connectivity index (χ4n) is 4.36. The number of hydrogen-bond donors (Lipinski definition) is 1. The summed E-state index contributed by atoms with van der Waals surface area (Å²) in [6.07, 6.45) is -2.29. The van der Waals surface area contributed by atoms with Crippen LogP contribution in [0.3, 0.4) is 0 Å². The number of alkyl halides is 3. The quantitative estimate of drug-likeness (QED) is 0.377. The molecule has 3 aromatic carbocycles. The smallest absolute Gasteiger partial charge is 0.322 e. The molecule has 4 aromatic rings. The maximum Gasteiger partial charge on any atom is 0.417 e. The second-order valence-corrected chi connectivity index (χ2v) is 8.59. The number of nitrogens with one attached hydrogen (secondary N) is 1. The van der Waals surface area contributed by atoms with Crippen molar-refractivity contribution in [3.8, 4) is 11.3 Å². The zero-order chi connectivity index (χ0) is 26.2. The molecule has 1 N–H and O–H groups in total. The molecule has 1 aliphatic heterocycles. The van der Waals surface area contributed by atoms with E-state index >= 15 is 0 Å². The Labute approximate surface area is 210 Å². The number of rotatable bonds is 3. The normalized spacial score (nSPS) is 12.8. The molecule has 6 nitrogen and oxygen atoms in total. The summed E-state index contributed by atoms with van der Waals surface area (Å²) in [5.41, 5.74) is 2.46. The summed E-state index contributed by atoms with van der Waals surface area (Å²) in [6.45, 7) is 2.24. The van der Waals surface area contributed by atoms with Crippen LogP contribution in [0.15, 0.2) is 79.0 Å². The second-order valence-electron chi connectivity index (χ2n) is 8.59. The molecule has 0 spiro atoms. The van der Waals surface area contributed by atoms with Crippen LogP contribution in [0.25, 0.3) is 11.3 Å². The van der Waals surface area contributed by atoms with Crippen molar-refractivity contribution >= 4 is 23.2 Å². The molecule has 0 bridgehead atoms. The van der Waals surface area contributed by atoms with Crippen LogP contribution in [0.5, 0.6) is 0 Å². The van der Waals surface area contributed by atoms with Crippen molar-refractivity contribution < 1.29 is 22.8 Å². The molecular formula is C28H21F3N4O2. The van der Waals surface area contributed by atoms with Crippen LogP contribution in [0.2, 0.25) is 0 Å². The van der Waals surface area contributed by atoms with Gasteiger partial charge in [-0.15, -0.1) is 0 Å². The number of para-hydroxylation sites is 1. The van der Waals surface area contributed by atoms with Gasteiger partial charge >= 0.3 is 6.18 Å². The number of carbonyl (C=O) groups excluding carboxylic acids is 2. The highest BCUT2D eigenvalue weighted by Crippen LogP contribution is 2.36. The Morgan fingerprint density at radius 2 is 1.65 bits per heavy atom. The minimum atomic E-state index is -4.66. The lowest BCUT2D eigenvalue weighted by Crippen LogP contribution is -2.32. The molecule has 186 valence electrons. The summed E-state index contributed by atoms with van der Waals surface area (Å²) < 4.78 is 39.8. The molecular weight excluding hydrogens is 481 g/mol. The Bertz CT molecular complexity index is 1500. The maximum absolute atomic E-state index is 13.5. The standard InChI is InChI=1S/C28H21F3N4O2/c1-17-32-16-19-14-15-35(24-9-5-3-7-22(24)25(19)33-17)27(37)18-10-12-20(13-11-18)34-26(36)21-6-2-4-8-23(21)28(29,30)31/h2-13,16H,14-15H2,1H3,(H,34,36). The van der Waals surface area contributed by atoms with Gasteiger partial charge in [-0.25, -0.2) is 9.97 Å². The minimum absolute atomic E-state index is 0.245. The first-order valence-corrected chi connectivity index (χ1v) is 11.5. The van der Waals surface area contributed by atoms with Gasteiger partial charge in [0, 0.05) is 29.6 Å². The van der Waals surface area contributed by atoms with Gasteiger partial charge in [-0.05, 0) is 61.4 Å². The van der Waals surface area contributed by atoms with E-state index in [1.165, 1.54) is 36.4 Å². The molecule has 0 atom stereocenters. The Morgan fingerprint density at radius 3 is 2.41 bits per heavy atom. The maximum atomic E-state index is 13.5. The number of aromatic nitrogens is 2.